The molecule has 0 bridgehead atoms. The molecule has 41 heavy (non-hydrogen) atoms. The van der Waals surface area contributed by atoms with Gasteiger partial charge in [0.2, 0.25) is 0 Å². The lowest BCUT2D eigenvalue weighted by atomic mass is 10.00. The number of ether oxygens (including phenoxy) is 4. The summed E-state index contributed by atoms with van der Waals surface area (Å²) in [4.78, 5) is 47.2. The highest BCUT2D eigenvalue weighted by Crippen LogP contribution is 2.22. The number of primary amides is 1. The molecule has 10 heteroatoms. The molecule has 0 spiro atoms. The minimum atomic E-state index is -0.725. The number of terminal acetylenes is 1. The minimum Gasteiger partial charge on any atom is -0.460 e. The monoisotopic (exact) mass is 572 g/mol. The molecular weight excluding hydrogens is 528 g/mol. The Balaban J connectivity index is 0.00000173. The molecule has 3 N–H and O–H groups in total. The van der Waals surface area contributed by atoms with Gasteiger partial charge in [0.1, 0.15) is 30.0 Å². The van der Waals surface area contributed by atoms with Crippen molar-refractivity contribution in [2.24, 2.45) is 5.73 Å². The Morgan fingerprint density at radius 3 is 1.90 bits per heavy atom. The quantitative estimate of drug-likeness (QED) is 0.138. The van der Waals surface area contributed by atoms with Crippen molar-refractivity contribution in [3.8, 4) is 24.2 Å². The zero-order valence-corrected chi connectivity index (χ0v) is 25.7. The second-order valence-electron chi connectivity index (χ2n) is 11.8. The summed E-state index contributed by atoms with van der Waals surface area (Å²) in [6, 6.07) is 5.03. The van der Waals surface area contributed by atoms with Gasteiger partial charge in [0.05, 0.1) is 12.1 Å². The number of nitrogens with one attached hydrogen (secondary N) is 1. The van der Waals surface area contributed by atoms with Crippen molar-refractivity contribution in [2.75, 3.05) is 18.5 Å². The average Bonchev–Trinajstić information content (AvgIpc) is 2.77. The van der Waals surface area contributed by atoms with Crippen molar-refractivity contribution in [1.29, 1.82) is 0 Å². The molecule has 1 aromatic carbocycles. The molecule has 0 unspecified atom stereocenters. The van der Waals surface area contributed by atoms with Crippen LogP contribution in [0.25, 0.3) is 0 Å². The number of benzene rings is 1. The number of rotatable bonds is 8. The highest BCUT2D eigenvalue weighted by molar-refractivity contribution is 6.05. The fourth-order valence-corrected chi connectivity index (χ4v) is 2.88. The Bertz CT molecular complexity index is 1150. The van der Waals surface area contributed by atoms with Crippen LogP contribution in [0, 0.1) is 24.2 Å². The van der Waals surface area contributed by atoms with Crippen LogP contribution in [0.15, 0.2) is 18.2 Å². The molecule has 0 aliphatic rings. The number of amides is 2. The molecule has 0 atom stereocenters. The van der Waals surface area contributed by atoms with Crippen LogP contribution in [0.2, 0.25) is 0 Å². The van der Waals surface area contributed by atoms with Crippen LogP contribution in [0.1, 0.15) is 91.1 Å². The first-order valence-electron chi connectivity index (χ1n) is 13.1. The molecular formula is C31H44N2O8. The Hall–Kier alpha value is -4.02. The molecule has 1 rings (SSSR count). The molecule has 0 aliphatic carbocycles. The first-order chi connectivity index (χ1) is 18.7. The van der Waals surface area contributed by atoms with Gasteiger partial charge < -0.3 is 24.7 Å². The van der Waals surface area contributed by atoms with Crippen LogP contribution in [-0.4, -0.2) is 54.0 Å². The lowest BCUT2D eigenvalue weighted by Crippen LogP contribution is -2.28. The SMILES string of the molecule is C#CCOCC#CCc1ccc(NC(=O)OC(C)(C)C)c(C(=O)CCC(=O)OC(C)(C)C)c1.CC(C)(C)OC(N)=O. The van der Waals surface area contributed by atoms with Gasteiger partial charge in [-0.2, -0.15) is 0 Å². The molecule has 10 nitrogen and oxygen atoms in total. The van der Waals surface area contributed by atoms with E-state index >= 15 is 0 Å². The summed E-state index contributed by atoms with van der Waals surface area (Å²) < 4.78 is 20.2. The predicted octanol–water partition coefficient (Wildman–Crippen LogP) is 5.41. The number of anilines is 1. The smallest absolute Gasteiger partial charge is 0.412 e. The number of esters is 1. The van der Waals surface area contributed by atoms with Gasteiger partial charge in [-0.15, -0.1) is 6.42 Å². The summed E-state index contributed by atoms with van der Waals surface area (Å²) in [6.45, 7) is 16.2. The lowest BCUT2D eigenvalue weighted by molar-refractivity contribution is -0.154. The first kappa shape index (κ1) is 37.0. The van der Waals surface area contributed by atoms with E-state index in [1.54, 1.807) is 80.5 Å². The minimum absolute atomic E-state index is 0.0625. The summed E-state index contributed by atoms with van der Waals surface area (Å²) in [5.41, 5.74) is 4.28. The van der Waals surface area contributed by atoms with E-state index in [2.05, 4.69) is 27.8 Å². The fraction of sp³-hybridized carbons (Fsp3) is 0.548. The summed E-state index contributed by atoms with van der Waals surface area (Å²) in [5.74, 6) is 7.39. The Kier molecular flexibility index (Phi) is 15.3. The van der Waals surface area contributed by atoms with Gasteiger partial charge in [0, 0.05) is 18.4 Å². The molecule has 0 fully saturated rings. The van der Waals surface area contributed by atoms with Gasteiger partial charge in [-0.3, -0.25) is 14.9 Å². The topological polar surface area (TPSA) is 143 Å². The zero-order valence-electron chi connectivity index (χ0n) is 25.7. The van der Waals surface area contributed by atoms with Crippen molar-refractivity contribution in [1.82, 2.24) is 0 Å². The summed E-state index contributed by atoms with van der Waals surface area (Å²) in [5, 5.41) is 2.62. The number of carbonyl (C=O) groups is 4. The fourth-order valence-electron chi connectivity index (χ4n) is 2.88. The third-order valence-corrected chi connectivity index (χ3v) is 4.18. The van der Waals surface area contributed by atoms with Gasteiger partial charge in [0.15, 0.2) is 5.78 Å². The Labute approximate surface area is 244 Å². The summed E-state index contributed by atoms with van der Waals surface area (Å²) in [7, 11) is 0. The average molecular weight is 573 g/mol. The van der Waals surface area contributed by atoms with Crippen molar-refractivity contribution in [2.45, 2.75) is 98.4 Å². The van der Waals surface area contributed by atoms with Crippen molar-refractivity contribution in [3.63, 3.8) is 0 Å². The van der Waals surface area contributed by atoms with Crippen LogP contribution >= 0.6 is 0 Å². The standard InChI is InChI=1S/C26H33NO6.C5H11NO2/c1-8-16-31-17-10-9-11-19-12-13-21(27-24(30)33-26(5,6)7)20(18-19)22(28)14-15-23(29)32-25(2,3)4;1-5(2,3)8-4(6)7/h1,12-13,18H,11,14-17H2,2-7H3,(H,27,30);1-3H3,(H2,6,7). The highest BCUT2D eigenvalue weighted by atomic mass is 16.6. The van der Waals surface area contributed by atoms with E-state index < -0.39 is 35.0 Å². The lowest BCUT2D eigenvalue weighted by Gasteiger charge is -2.21. The summed E-state index contributed by atoms with van der Waals surface area (Å²) >= 11 is 0. The van der Waals surface area contributed by atoms with Crippen molar-refractivity contribution in [3.05, 3.63) is 29.3 Å². The van der Waals surface area contributed by atoms with Crippen LogP contribution < -0.4 is 11.1 Å². The maximum absolute atomic E-state index is 12.9. The van der Waals surface area contributed by atoms with E-state index in [9.17, 15) is 19.2 Å². The normalized spacial score (nSPS) is 10.9. The number of hydrogen-bond acceptors (Lipinski definition) is 8. The van der Waals surface area contributed by atoms with E-state index in [0.717, 1.165) is 5.56 Å². The van der Waals surface area contributed by atoms with E-state index in [-0.39, 0.29) is 37.4 Å². The Morgan fingerprint density at radius 1 is 0.829 bits per heavy atom. The number of ketones is 1. The second kappa shape index (κ2) is 16.9. The first-order valence-corrected chi connectivity index (χ1v) is 13.1. The van der Waals surface area contributed by atoms with E-state index in [0.29, 0.717) is 12.1 Å². The Morgan fingerprint density at radius 2 is 1.41 bits per heavy atom. The van der Waals surface area contributed by atoms with E-state index in [4.69, 9.17) is 26.4 Å². The second-order valence-corrected chi connectivity index (χ2v) is 11.8. The van der Waals surface area contributed by atoms with Gasteiger partial charge in [0.25, 0.3) is 0 Å². The molecule has 2 amide bonds. The number of hydrogen-bond donors (Lipinski definition) is 2. The maximum atomic E-state index is 12.9. The van der Waals surface area contributed by atoms with Crippen LogP contribution in [0.3, 0.4) is 0 Å². The van der Waals surface area contributed by atoms with Crippen molar-refractivity contribution < 1.29 is 38.1 Å². The molecule has 0 aromatic heterocycles. The van der Waals surface area contributed by atoms with Crippen LogP contribution in [-0.2, 0) is 30.2 Å². The molecule has 0 saturated heterocycles. The third-order valence-electron chi connectivity index (χ3n) is 4.18. The molecule has 0 saturated carbocycles. The number of nitrogens with two attached hydrogens (primary N) is 1. The van der Waals surface area contributed by atoms with Gasteiger partial charge in [-0.05, 0) is 80.0 Å². The van der Waals surface area contributed by atoms with Crippen LogP contribution in [0.4, 0.5) is 15.3 Å². The van der Waals surface area contributed by atoms with E-state index in [1.807, 2.05) is 0 Å². The highest BCUT2D eigenvalue weighted by Gasteiger charge is 2.21. The predicted molar refractivity (Wildman–Crippen MR) is 157 cm³/mol. The largest absolute Gasteiger partial charge is 0.460 e. The maximum Gasteiger partial charge on any atom is 0.412 e. The third kappa shape index (κ3) is 20.5. The van der Waals surface area contributed by atoms with Crippen LogP contribution in [0.5, 0.6) is 0 Å². The molecule has 0 radical (unpaired) electrons. The van der Waals surface area contributed by atoms with Gasteiger partial charge in [-0.1, -0.05) is 23.8 Å². The zero-order chi connectivity index (χ0) is 31.9. The molecule has 0 aliphatic heterocycles. The molecule has 0 heterocycles. The van der Waals surface area contributed by atoms with Crippen molar-refractivity contribution >= 4 is 29.6 Å². The number of Topliss-reactive ketones (excluding diaryl/α,β-unsaturated/α-hetero) is 1. The van der Waals surface area contributed by atoms with E-state index in [1.165, 1.54) is 0 Å². The van der Waals surface area contributed by atoms with Gasteiger partial charge in [-0.25, -0.2) is 9.59 Å². The molecule has 1 aromatic rings. The number of carbonyl (C=O) groups excluding carboxylic acids is 4. The molecule has 226 valence electrons. The van der Waals surface area contributed by atoms with Gasteiger partial charge >= 0.3 is 18.2 Å². The summed E-state index contributed by atoms with van der Waals surface area (Å²) in [6.07, 6.45) is 3.95.